The Morgan fingerprint density at radius 3 is 2.18 bits per heavy atom. The second kappa shape index (κ2) is 15.2. The molecule has 236 valence electrons. The Kier molecular flexibility index (Phi) is 11.4. The summed E-state index contributed by atoms with van der Waals surface area (Å²) in [7, 11) is -4.20. The SMILES string of the molecule is CC[C@H](C)NC(=O)[C@H](Cc1ccccc1)N(Cc1ccccc1C)C(=O)CN(c1cccc(Cl)c1)S(=O)(=O)c1ccc(C)cc1. The Morgan fingerprint density at radius 2 is 1.53 bits per heavy atom. The summed E-state index contributed by atoms with van der Waals surface area (Å²) in [5.41, 5.74) is 3.84. The van der Waals surface area contributed by atoms with E-state index < -0.39 is 28.5 Å². The second-order valence-corrected chi connectivity index (χ2v) is 13.6. The van der Waals surface area contributed by atoms with Crippen molar-refractivity contribution in [2.75, 3.05) is 10.8 Å². The number of hydrogen-bond donors (Lipinski definition) is 1. The van der Waals surface area contributed by atoms with Crippen LogP contribution in [0.1, 0.15) is 42.5 Å². The molecule has 0 unspecified atom stereocenters. The minimum Gasteiger partial charge on any atom is -0.352 e. The highest BCUT2D eigenvalue weighted by Crippen LogP contribution is 2.27. The topological polar surface area (TPSA) is 86.8 Å². The predicted molar refractivity (Wildman–Crippen MR) is 181 cm³/mol. The maximum atomic E-state index is 14.6. The highest BCUT2D eigenvalue weighted by molar-refractivity contribution is 7.92. The van der Waals surface area contributed by atoms with Gasteiger partial charge in [0.25, 0.3) is 10.0 Å². The minimum atomic E-state index is -4.20. The summed E-state index contributed by atoms with van der Waals surface area (Å²) >= 11 is 6.30. The average molecular weight is 646 g/mol. The van der Waals surface area contributed by atoms with E-state index in [0.717, 1.165) is 26.6 Å². The summed E-state index contributed by atoms with van der Waals surface area (Å²) in [4.78, 5) is 30.0. The Labute approximate surface area is 271 Å². The fraction of sp³-hybridized carbons (Fsp3) is 0.278. The minimum absolute atomic E-state index is 0.0432. The molecule has 0 aromatic heterocycles. The van der Waals surface area contributed by atoms with Crippen LogP contribution in [0.3, 0.4) is 0 Å². The zero-order valence-electron chi connectivity index (χ0n) is 26.1. The van der Waals surface area contributed by atoms with E-state index in [2.05, 4.69) is 5.32 Å². The average Bonchev–Trinajstić information content (AvgIpc) is 3.02. The molecule has 0 saturated carbocycles. The Morgan fingerprint density at radius 1 is 0.867 bits per heavy atom. The van der Waals surface area contributed by atoms with Crippen LogP contribution in [0.4, 0.5) is 5.69 Å². The highest BCUT2D eigenvalue weighted by Gasteiger charge is 2.35. The molecule has 2 atom stereocenters. The number of sulfonamides is 1. The second-order valence-electron chi connectivity index (χ2n) is 11.3. The van der Waals surface area contributed by atoms with Gasteiger partial charge in [0.15, 0.2) is 0 Å². The van der Waals surface area contributed by atoms with Crippen molar-refractivity contribution in [3.8, 4) is 0 Å². The number of rotatable bonds is 13. The monoisotopic (exact) mass is 645 g/mol. The Balaban J connectivity index is 1.82. The van der Waals surface area contributed by atoms with E-state index in [4.69, 9.17) is 11.6 Å². The molecule has 0 radical (unpaired) electrons. The molecule has 4 rings (SSSR count). The maximum absolute atomic E-state index is 14.6. The zero-order valence-corrected chi connectivity index (χ0v) is 27.7. The molecule has 4 aromatic rings. The van der Waals surface area contributed by atoms with Crippen LogP contribution in [0.5, 0.6) is 0 Å². The van der Waals surface area contributed by atoms with Crippen molar-refractivity contribution in [2.24, 2.45) is 0 Å². The lowest BCUT2D eigenvalue weighted by Gasteiger charge is -2.34. The fourth-order valence-corrected chi connectivity index (χ4v) is 6.55. The first-order valence-corrected chi connectivity index (χ1v) is 16.8. The van der Waals surface area contributed by atoms with Gasteiger partial charge < -0.3 is 10.2 Å². The molecule has 0 fully saturated rings. The number of halogens is 1. The molecular formula is C36H40ClN3O4S. The van der Waals surface area contributed by atoms with Crippen molar-refractivity contribution in [1.82, 2.24) is 10.2 Å². The van der Waals surface area contributed by atoms with Crippen LogP contribution in [-0.4, -0.2) is 43.8 Å². The summed E-state index contributed by atoms with van der Waals surface area (Å²) in [5, 5.41) is 3.39. The van der Waals surface area contributed by atoms with Gasteiger partial charge in [-0.25, -0.2) is 8.42 Å². The normalized spacial score (nSPS) is 12.6. The molecule has 7 nitrogen and oxygen atoms in total. The van der Waals surface area contributed by atoms with Gasteiger partial charge in [0.05, 0.1) is 10.6 Å². The lowest BCUT2D eigenvalue weighted by molar-refractivity contribution is -0.140. The van der Waals surface area contributed by atoms with Gasteiger partial charge in [-0.15, -0.1) is 0 Å². The zero-order chi connectivity index (χ0) is 32.6. The number of amides is 2. The van der Waals surface area contributed by atoms with Crippen molar-refractivity contribution in [2.45, 2.75) is 64.1 Å². The van der Waals surface area contributed by atoms with Crippen molar-refractivity contribution < 1.29 is 18.0 Å². The lowest BCUT2D eigenvalue weighted by Crippen LogP contribution is -2.54. The van der Waals surface area contributed by atoms with Gasteiger partial charge in [-0.05, 0) is 74.2 Å². The first-order valence-electron chi connectivity index (χ1n) is 15.0. The number of aryl methyl sites for hydroxylation is 2. The van der Waals surface area contributed by atoms with Crippen LogP contribution < -0.4 is 9.62 Å². The summed E-state index contributed by atoms with van der Waals surface area (Å²) in [6.45, 7) is 7.29. The molecule has 0 heterocycles. The van der Waals surface area contributed by atoms with Crippen LogP contribution in [-0.2, 0) is 32.6 Å². The van der Waals surface area contributed by atoms with Crippen LogP contribution >= 0.6 is 11.6 Å². The van der Waals surface area contributed by atoms with Crippen molar-refractivity contribution in [1.29, 1.82) is 0 Å². The van der Waals surface area contributed by atoms with Gasteiger partial charge in [0.2, 0.25) is 11.8 Å². The molecule has 0 spiro atoms. The first kappa shape index (κ1) is 33.7. The quantitative estimate of drug-likeness (QED) is 0.175. The molecule has 45 heavy (non-hydrogen) atoms. The maximum Gasteiger partial charge on any atom is 0.264 e. The van der Waals surface area contributed by atoms with Crippen LogP contribution in [0.15, 0.2) is 108 Å². The van der Waals surface area contributed by atoms with E-state index in [-0.39, 0.29) is 35.5 Å². The van der Waals surface area contributed by atoms with E-state index >= 15 is 0 Å². The van der Waals surface area contributed by atoms with E-state index in [1.165, 1.54) is 23.1 Å². The van der Waals surface area contributed by atoms with E-state index in [1.807, 2.05) is 82.3 Å². The molecule has 0 aliphatic heterocycles. The molecule has 0 aliphatic rings. The molecule has 4 aromatic carbocycles. The number of nitrogens with one attached hydrogen (secondary N) is 1. The number of carbonyl (C=O) groups is 2. The Bertz CT molecular complexity index is 1710. The van der Waals surface area contributed by atoms with E-state index in [1.54, 1.807) is 30.3 Å². The van der Waals surface area contributed by atoms with Gasteiger partial charge in [-0.1, -0.05) is 96.9 Å². The molecule has 2 amide bonds. The van der Waals surface area contributed by atoms with Gasteiger partial charge in [0, 0.05) is 24.0 Å². The molecule has 9 heteroatoms. The number of anilines is 1. The number of hydrogen-bond acceptors (Lipinski definition) is 4. The predicted octanol–water partition coefficient (Wildman–Crippen LogP) is 6.71. The number of nitrogens with zero attached hydrogens (tertiary/aromatic N) is 2. The van der Waals surface area contributed by atoms with Crippen LogP contribution in [0.2, 0.25) is 5.02 Å². The largest absolute Gasteiger partial charge is 0.352 e. The summed E-state index contributed by atoms with van der Waals surface area (Å²) in [6, 6.07) is 29.0. The van der Waals surface area contributed by atoms with Gasteiger partial charge in [0.1, 0.15) is 12.6 Å². The van der Waals surface area contributed by atoms with Crippen LogP contribution in [0, 0.1) is 13.8 Å². The third-order valence-corrected chi connectivity index (χ3v) is 9.88. The van der Waals surface area contributed by atoms with Crippen molar-refractivity contribution >= 4 is 39.1 Å². The van der Waals surface area contributed by atoms with E-state index in [0.29, 0.717) is 11.4 Å². The Hall–Kier alpha value is -4.14. The van der Waals surface area contributed by atoms with Gasteiger partial charge in [-0.3, -0.25) is 13.9 Å². The van der Waals surface area contributed by atoms with Crippen molar-refractivity contribution in [3.05, 3.63) is 130 Å². The number of benzene rings is 4. The molecule has 0 aliphatic carbocycles. The standard InChI is InChI=1S/C36H40ClN3O4S/c1-5-28(4)38-36(42)34(22-29-13-7-6-8-14-29)39(24-30-15-10-9-12-27(30)3)35(41)25-40(32-17-11-16-31(37)23-32)45(43,44)33-20-18-26(2)19-21-33/h6-21,23,28,34H,5,22,24-25H2,1-4H3,(H,38,42)/t28-,34-/m0/s1. The van der Waals surface area contributed by atoms with Gasteiger partial charge >= 0.3 is 0 Å². The third-order valence-electron chi connectivity index (χ3n) is 7.86. The third kappa shape index (κ3) is 8.74. The van der Waals surface area contributed by atoms with Gasteiger partial charge in [-0.2, -0.15) is 0 Å². The highest BCUT2D eigenvalue weighted by atomic mass is 35.5. The van der Waals surface area contributed by atoms with E-state index in [9.17, 15) is 18.0 Å². The number of carbonyl (C=O) groups excluding carboxylic acids is 2. The smallest absolute Gasteiger partial charge is 0.264 e. The molecule has 0 bridgehead atoms. The molecule has 1 N–H and O–H groups in total. The summed E-state index contributed by atoms with van der Waals surface area (Å²) < 4.78 is 29.3. The first-order chi connectivity index (χ1) is 21.5. The lowest BCUT2D eigenvalue weighted by atomic mass is 10.0. The summed E-state index contributed by atoms with van der Waals surface area (Å²) in [5.74, 6) is -0.819. The van der Waals surface area contributed by atoms with Crippen LogP contribution in [0.25, 0.3) is 0 Å². The fourth-order valence-electron chi connectivity index (χ4n) is 4.96. The van der Waals surface area contributed by atoms with Crippen molar-refractivity contribution in [3.63, 3.8) is 0 Å². The molecule has 0 saturated heterocycles. The summed E-state index contributed by atoms with van der Waals surface area (Å²) in [6.07, 6.45) is 0.968. The molecular weight excluding hydrogens is 606 g/mol.